The predicted octanol–water partition coefficient (Wildman–Crippen LogP) is 15.8. The number of benzene rings is 9. The zero-order valence-corrected chi connectivity index (χ0v) is 33.7. The lowest BCUT2D eigenvalue weighted by Gasteiger charge is -2.30. The molecule has 10 rings (SSSR count). The summed E-state index contributed by atoms with van der Waals surface area (Å²) in [6, 6.07) is 65.4. The molecule has 0 atom stereocenters. The van der Waals surface area contributed by atoms with Crippen LogP contribution in [-0.4, -0.2) is 4.57 Å². The fraction of sp³-hybridized carbons (Fsp3) is 0.143. The molecule has 0 amide bonds. The lowest BCUT2D eigenvalue weighted by atomic mass is 9.74. The van der Waals surface area contributed by atoms with E-state index in [2.05, 4.69) is 222 Å². The van der Waals surface area contributed by atoms with Gasteiger partial charge >= 0.3 is 0 Å². The molecule has 1 aromatic heterocycles. The SMILES string of the molecule is CC(C)(C)c1c2ccccc2c(C(C)(C)C)c2cc3c(cc12)c(-c1ccccc1)c(-c1ccccc1)n3-c1ccc(-c2cc3ccccc3c3ccccc23)cc1. The van der Waals surface area contributed by atoms with Crippen LogP contribution in [0.5, 0.6) is 0 Å². The molecule has 0 spiro atoms. The largest absolute Gasteiger partial charge is 0.309 e. The first-order valence-electron chi connectivity index (χ1n) is 20.3. The minimum absolute atomic E-state index is 0.0809. The van der Waals surface area contributed by atoms with E-state index in [1.807, 2.05) is 0 Å². The van der Waals surface area contributed by atoms with Crippen LogP contribution in [-0.2, 0) is 10.8 Å². The predicted molar refractivity (Wildman–Crippen MR) is 247 cm³/mol. The van der Waals surface area contributed by atoms with Crippen LogP contribution in [0, 0.1) is 0 Å². The van der Waals surface area contributed by atoms with Gasteiger partial charge in [-0.05, 0) is 118 Å². The lowest BCUT2D eigenvalue weighted by molar-refractivity contribution is 0.593. The first-order valence-corrected chi connectivity index (χ1v) is 20.3. The molecule has 0 saturated carbocycles. The van der Waals surface area contributed by atoms with E-state index in [4.69, 9.17) is 0 Å². The van der Waals surface area contributed by atoms with Crippen molar-refractivity contribution in [2.45, 2.75) is 52.4 Å². The summed E-state index contributed by atoms with van der Waals surface area (Å²) in [4.78, 5) is 0. The Morgan fingerprint density at radius 3 is 1.44 bits per heavy atom. The number of aromatic nitrogens is 1. The second kappa shape index (κ2) is 13.1. The number of nitrogens with zero attached hydrogens (tertiary/aromatic N) is 1. The van der Waals surface area contributed by atoms with Crippen LogP contribution in [0.25, 0.3) is 93.2 Å². The summed E-state index contributed by atoms with van der Waals surface area (Å²) in [5, 5.41) is 11.7. The maximum Gasteiger partial charge on any atom is 0.0619 e. The van der Waals surface area contributed by atoms with E-state index in [0.717, 1.165) is 5.69 Å². The molecule has 0 saturated heterocycles. The molecule has 1 heterocycles. The van der Waals surface area contributed by atoms with Gasteiger partial charge in [0.05, 0.1) is 11.2 Å². The van der Waals surface area contributed by atoms with E-state index in [1.165, 1.54) is 98.6 Å². The van der Waals surface area contributed by atoms with Crippen molar-refractivity contribution in [2.24, 2.45) is 0 Å². The minimum atomic E-state index is -0.0891. The van der Waals surface area contributed by atoms with Gasteiger partial charge in [-0.25, -0.2) is 0 Å². The summed E-state index contributed by atoms with van der Waals surface area (Å²) in [6.45, 7) is 14.2. The molecular weight excluding hydrogens is 687 g/mol. The van der Waals surface area contributed by atoms with Gasteiger partial charge in [-0.1, -0.05) is 187 Å². The molecule has 0 fully saturated rings. The van der Waals surface area contributed by atoms with Gasteiger partial charge in [0.25, 0.3) is 0 Å². The number of rotatable bonds is 4. The maximum atomic E-state index is 2.54. The standard InChI is InChI=1S/C56H47N/c1-55(2,3)52-44-27-17-18-28-45(44)53(56(4,5)6)48-35-50-49(34-47(48)52)51(37-19-9-7-10-20-37)54(38-21-11-8-12-22-38)57(50)40-31-29-36(30-32-40)46-33-39-23-13-14-24-41(39)42-25-15-16-26-43(42)46/h7-35H,1-6H3. The second-order valence-electron chi connectivity index (χ2n) is 17.7. The lowest BCUT2D eigenvalue weighted by Crippen LogP contribution is -2.17. The number of hydrogen-bond acceptors (Lipinski definition) is 0. The van der Waals surface area contributed by atoms with Crippen molar-refractivity contribution >= 4 is 54.0 Å². The smallest absolute Gasteiger partial charge is 0.0619 e. The summed E-state index contributed by atoms with van der Waals surface area (Å²) >= 11 is 0. The Morgan fingerprint density at radius 2 is 0.842 bits per heavy atom. The summed E-state index contributed by atoms with van der Waals surface area (Å²) in [6.07, 6.45) is 0. The highest BCUT2D eigenvalue weighted by Crippen LogP contribution is 2.49. The number of fused-ring (bicyclic) bond motifs is 6. The topological polar surface area (TPSA) is 4.93 Å². The van der Waals surface area contributed by atoms with Gasteiger partial charge in [-0.2, -0.15) is 0 Å². The molecule has 1 nitrogen and oxygen atoms in total. The van der Waals surface area contributed by atoms with Crippen LogP contribution in [0.4, 0.5) is 0 Å². The summed E-state index contributed by atoms with van der Waals surface area (Å²) < 4.78 is 2.53. The van der Waals surface area contributed by atoms with Crippen molar-refractivity contribution in [1.29, 1.82) is 0 Å². The van der Waals surface area contributed by atoms with E-state index in [0.29, 0.717) is 0 Å². The Kier molecular flexibility index (Phi) is 8.03. The minimum Gasteiger partial charge on any atom is -0.309 e. The van der Waals surface area contributed by atoms with E-state index in [9.17, 15) is 0 Å². The molecule has 1 heteroatoms. The molecule has 0 aliphatic heterocycles. The van der Waals surface area contributed by atoms with Crippen LogP contribution in [0.3, 0.4) is 0 Å². The quantitative estimate of drug-likeness (QED) is 0.125. The van der Waals surface area contributed by atoms with Crippen molar-refractivity contribution in [3.8, 4) is 39.2 Å². The van der Waals surface area contributed by atoms with Crippen molar-refractivity contribution < 1.29 is 0 Å². The van der Waals surface area contributed by atoms with E-state index in [-0.39, 0.29) is 10.8 Å². The fourth-order valence-corrected chi connectivity index (χ4v) is 9.69. The summed E-state index contributed by atoms with van der Waals surface area (Å²) in [7, 11) is 0. The van der Waals surface area contributed by atoms with E-state index in [1.54, 1.807) is 0 Å². The molecule has 57 heavy (non-hydrogen) atoms. The van der Waals surface area contributed by atoms with Gasteiger partial charge in [0, 0.05) is 16.6 Å². The van der Waals surface area contributed by atoms with Crippen molar-refractivity contribution in [3.63, 3.8) is 0 Å². The molecule has 0 unspecified atom stereocenters. The highest BCUT2D eigenvalue weighted by atomic mass is 15.0. The van der Waals surface area contributed by atoms with Crippen LogP contribution in [0.15, 0.2) is 176 Å². The summed E-state index contributed by atoms with van der Waals surface area (Å²) in [5.74, 6) is 0. The van der Waals surface area contributed by atoms with Crippen molar-refractivity contribution in [1.82, 2.24) is 4.57 Å². The van der Waals surface area contributed by atoms with Crippen LogP contribution in [0.2, 0.25) is 0 Å². The van der Waals surface area contributed by atoms with Gasteiger partial charge in [0.2, 0.25) is 0 Å². The third kappa shape index (κ3) is 5.67. The molecule has 0 N–H and O–H groups in total. The van der Waals surface area contributed by atoms with Gasteiger partial charge in [-0.3, -0.25) is 0 Å². The normalized spacial score (nSPS) is 12.4. The Labute approximate surface area is 335 Å². The molecule has 0 radical (unpaired) electrons. The van der Waals surface area contributed by atoms with Gasteiger partial charge < -0.3 is 4.57 Å². The Hall–Kier alpha value is -6.44. The first kappa shape index (κ1) is 35.0. The fourth-order valence-electron chi connectivity index (χ4n) is 9.69. The van der Waals surface area contributed by atoms with Crippen LogP contribution in [0.1, 0.15) is 52.7 Å². The van der Waals surface area contributed by atoms with E-state index >= 15 is 0 Å². The van der Waals surface area contributed by atoms with Gasteiger partial charge in [-0.15, -0.1) is 0 Å². The molecule has 0 bridgehead atoms. The van der Waals surface area contributed by atoms with Crippen LogP contribution >= 0.6 is 0 Å². The zero-order chi connectivity index (χ0) is 39.1. The third-order valence-corrected chi connectivity index (χ3v) is 11.9. The highest BCUT2D eigenvalue weighted by molar-refractivity contribution is 6.17. The Bertz CT molecular complexity index is 3150. The van der Waals surface area contributed by atoms with Crippen LogP contribution < -0.4 is 0 Å². The number of hydrogen-bond donors (Lipinski definition) is 0. The molecular formula is C56H47N. The van der Waals surface area contributed by atoms with Crippen molar-refractivity contribution in [2.75, 3.05) is 0 Å². The monoisotopic (exact) mass is 733 g/mol. The van der Waals surface area contributed by atoms with Crippen molar-refractivity contribution in [3.05, 3.63) is 187 Å². The average molecular weight is 734 g/mol. The Morgan fingerprint density at radius 1 is 0.351 bits per heavy atom. The highest BCUT2D eigenvalue weighted by Gasteiger charge is 2.30. The first-order chi connectivity index (χ1) is 27.6. The van der Waals surface area contributed by atoms with Gasteiger partial charge in [0.1, 0.15) is 0 Å². The second-order valence-corrected chi connectivity index (χ2v) is 17.7. The molecule has 9 aromatic carbocycles. The Balaban J connectivity index is 1.34. The maximum absolute atomic E-state index is 2.54. The van der Waals surface area contributed by atoms with Gasteiger partial charge in [0.15, 0.2) is 0 Å². The molecule has 0 aliphatic rings. The summed E-state index contributed by atoms with van der Waals surface area (Å²) in [5.41, 5.74) is 12.3. The van der Waals surface area contributed by atoms with E-state index < -0.39 is 0 Å². The third-order valence-electron chi connectivity index (χ3n) is 11.9. The zero-order valence-electron chi connectivity index (χ0n) is 33.7. The molecule has 0 aliphatic carbocycles. The molecule has 10 aromatic rings. The molecule has 276 valence electrons. The average Bonchev–Trinajstić information content (AvgIpc) is 3.55.